The molecule has 0 fully saturated rings. The van der Waals surface area contributed by atoms with E-state index in [0.717, 1.165) is 0 Å². The summed E-state index contributed by atoms with van der Waals surface area (Å²) in [6.45, 7) is 0. The second-order valence-corrected chi connectivity index (χ2v) is 4.46. The number of aromatic nitrogens is 2. The number of nitrogen functional groups attached to an aromatic ring is 1. The van der Waals surface area contributed by atoms with E-state index in [4.69, 9.17) is 32.5 Å². The summed E-state index contributed by atoms with van der Waals surface area (Å²) >= 11 is 6.12. The molecule has 0 aliphatic carbocycles. The van der Waals surface area contributed by atoms with Crippen molar-refractivity contribution < 1.29 is 14.3 Å². The van der Waals surface area contributed by atoms with Crippen molar-refractivity contribution in [1.82, 2.24) is 9.97 Å². The lowest BCUT2D eigenvalue weighted by Gasteiger charge is -2.11. The number of primary amides is 1. The van der Waals surface area contributed by atoms with E-state index in [-0.39, 0.29) is 11.4 Å². The highest BCUT2D eigenvalue weighted by atomic mass is 35.5. The molecule has 0 atom stereocenters. The van der Waals surface area contributed by atoms with Gasteiger partial charge in [0.05, 0.1) is 24.8 Å². The summed E-state index contributed by atoms with van der Waals surface area (Å²) < 4.78 is 10.3. The van der Waals surface area contributed by atoms with E-state index in [0.29, 0.717) is 27.9 Å². The first-order valence-electron chi connectivity index (χ1n) is 5.82. The van der Waals surface area contributed by atoms with Crippen molar-refractivity contribution in [1.29, 1.82) is 0 Å². The van der Waals surface area contributed by atoms with Crippen LogP contribution in [0.15, 0.2) is 18.3 Å². The fraction of sp³-hybridized carbons (Fsp3) is 0.154. The Bertz CT molecular complexity index is 706. The molecular formula is C13H13ClN4O3. The van der Waals surface area contributed by atoms with Crippen molar-refractivity contribution in [3.05, 3.63) is 28.9 Å². The molecule has 8 heteroatoms. The molecular weight excluding hydrogens is 296 g/mol. The number of hydrogen-bond acceptors (Lipinski definition) is 6. The second kappa shape index (κ2) is 5.84. The minimum absolute atomic E-state index is 0.00147. The number of benzene rings is 1. The number of anilines is 1. The maximum absolute atomic E-state index is 11.1. The van der Waals surface area contributed by atoms with Crippen LogP contribution in [0.1, 0.15) is 10.4 Å². The SMILES string of the molecule is COc1cc(-c2ncc(C(N)=O)c(N)n2)cc(Cl)c1OC. The summed E-state index contributed by atoms with van der Waals surface area (Å²) in [5.41, 5.74) is 11.5. The molecule has 0 spiro atoms. The third-order valence-electron chi connectivity index (χ3n) is 2.78. The maximum Gasteiger partial charge on any atom is 0.254 e. The first-order valence-corrected chi connectivity index (χ1v) is 6.20. The molecule has 2 aromatic rings. The van der Waals surface area contributed by atoms with Gasteiger partial charge < -0.3 is 20.9 Å². The predicted molar refractivity (Wildman–Crippen MR) is 78.5 cm³/mol. The van der Waals surface area contributed by atoms with E-state index in [9.17, 15) is 4.79 Å². The average molecular weight is 309 g/mol. The Morgan fingerprint density at radius 3 is 2.52 bits per heavy atom. The fourth-order valence-corrected chi connectivity index (χ4v) is 2.06. The number of methoxy groups -OCH3 is 2. The normalized spacial score (nSPS) is 10.2. The smallest absolute Gasteiger partial charge is 0.254 e. The number of amides is 1. The maximum atomic E-state index is 11.1. The third kappa shape index (κ3) is 2.82. The van der Waals surface area contributed by atoms with Gasteiger partial charge in [0, 0.05) is 11.8 Å². The summed E-state index contributed by atoms with van der Waals surface area (Å²) in [7, 11) is 2.98. The number of rotatable bonds is 4. The molecule has 21 heavy (non-hydrogen) atoms. The van der Waals surface area contributed by atoms with Crippen molar-refractivity contribution in [2.24, 2.45) is 5.73 Å². The molecule has 1 amide bonds. The van der Waals surface area contributed by atoms with Crippen LogP contribution in [0, 0.1) is 0 Å². The van der Waals surface area contributed by atoms with E-state index >= 15 is 0 Å². The molecule has 0 saturated carbocycles. The first kappa shape index (κ1) is 14.9. The number of hydrogen-bond donors (Lipinski definition) is 2. The minimum atomic E-state index is -0.690. The lowest BCUT2D eigenvalue weighted by Crippen LogP contribution is -2.15. The molecule has 0 aliphatic rings. The van der Waals surface area contributed by atoms with Crippen LogP contribution in [0.25, 0.3) is 11.4 Å². The van der Waals surface area contributed by atoms with Gasteiger partial charge in [-0.05, 0) is 12.1 Å². The number of ether oxygens (including phenoxy) is 2. The van der Waals surface area contributed by atoms with Crippen LogP contribution in [0.3, 0.4) is 0 Å². The molecule has 1 heterocycles. The predicted octanol–water partition coefficient (Wildman–Crippen LogP) is 1.50. The van der Waals surface area contributed by atoms with Gasteiger partial charge in [0.1, 0.15) is 5.82 Å². The zero-order valence-corrected chi connectivity index (χ0v) is 12.1. The topological polar surface area (TPSA) is 113 Å². The van der Waals surface area contributed by atoms with Crippen molar-refractivity contribution >= 4 is 23.3 Å². The average Bonchev–Trinajstić information content (AvgIpc) is 2.45. The van der Waals surface area contributed by atoms with E-state index in [1.165, 1.54) is 20.4 Å². The molecule has 0 bridgehead atoms. The molecule has 110 valence electrons. The second-order valence-electron chi connectivity index (χ2n) is 4.05. The Labute approximate surface area is 125 Å². The van der Waals surface area contributed by atoms with E-state index in [1.807, 2.05) is 0 Å². The molecule has 0 radical (unpaired) electrons. The highest BCUT2D eigenvalue weighted by Crippen LogP contribution is 2.38. The highest BCUT2D eigenvalue weighted by molar-refractivity contribution is 6.32. The van der Waals surface area contributed by atoms with Gasteiger partial charge in [0.25, 0.3) is 5.91 Å². The molecule has 0 saturated heterocycles. The van der Waals surface area contributed by atoms with E-state index < -0.39 is 5.91 Å². The Kier molecular flexibility index (Phi) is 4.13. The molecule has 7 nitrogen and oxygen atoms in total. The van der Waals surface area contributed by atoms with Gasteiger partial charge in [0.2, 0.25) is 0 Å². The van der Waals surface area contributed by atoms with Gasteiger partial charge in [-0.15, -0.1) is 0 Å². The zero-order valence-electron chi connectivity index (χ0n) is 11.4. The summed E-state index contributed by atoms with van der Waals surface area (Å²) in [6, 6.07) is 3.27. The fourth-order valence-electron chi connectivity index (χ4n) is 1.77. The highest BCUT2D eigenvalue weighted by Gasteiger charge is 2.15. The lowest BCUT2D eigenvalue weighted by atomic mass is 10.1. The van der Waals surface area contributed by atoms with Crippen LogP contribution >= 0.6 is 11.6 Å². The van der Waals surface area contributed by atoms with Crippen molar-refractivity contribution in [3.8, 4) is 22.9 Å². The zero-order chi connectivity index (χ0) is 15.6. The molecule has 1 aromatic heterocycles. The van der Waals surface area contributed by atoms with Gasteiger partial charge in [-0.25, -0.2) is 9.97 Å². The van der Waals surface area contributed by atoms with Gasteiger partial charge in [-0.3, -0.25) is 4.79 Å². The molecule has 0 aliphatic heterocycles. The van der Waals surface area contributed by atoms with Crippen LogP contribution in [-0.4, -0.2) is 30.1 Å². The minimum Gasteiger partial charge on any atom is -0.493 e. The summed E-state index contributed by atoms with van der Waals surface area (Å²) in [5, 5.41) is 0.341. The van der Waals surface area contributed by atoms with Crippen LogP contribution in [0.4, 0.5) is 5.82 Å². The largest absolute Gasteiger partial charge is 0.493 e. The third-order valence-corrected chi connectivity index (χ3v) is 3.06. The number of carbonyl (C=O) groups is 1. The standard InChI is InChI=1S/C13H13ClN4O3/c1-20-9-4-6(3-8(14)10(9)21-2)13-17-5-7(12(16)19)11(15)18-13/h3-5H,1-2H3,(H2,16,19)(H2,15,17,18). The quantitative estimate of drug-likeness (QED) is 0.884. The Morgan fingerprint density at radius 1 is 1.29 bits per heavy atom. The summed E-state index contributed by atoms with van der Waals surface area (Å²) in [4.78, 5) is 19.2. The van der Waals surface area contributed by atoms with Crippen molar-refractivity contribution in [3.63, 3.8) is 0 Å². The van der Waals surface area contributed by atoms with Crippen molar-refractivity contribution in [2.75, 3.05) is 20.0 Å². The number of nitrogens with two attached hydrogens (primary N) is 2. The van der Waals surface area contributed by atoms with Crippen LogP contribution in [-0.2, 0) is 0 Å². The van der Waals surface area contributed by atoms with Gasteiger partial charge in [0.15, 0.2) is 17.3 Å². The molecule has 4 N–H and O–H groups in total. The van der Waals surface area contributed by atoms with Gasteiger partial charge >= 0.3 is 0 Å². The van der Waals surface area contributed by atoms with Crippen LogP contribution < -0.4 is 20.9 Å². The van der Waals surface area contributed by atoms with Crippen LogP contribution in [0.2, 0.25) is 5.02 Å². The van der Waals surface area contributed by atoms with E-state index in [1.54, 1.807) is 12.1 Å². The van der Waals surface area contributed by atoms with Gasteiger partial charge in [-0.1, -0.05) is 11.6 Å². The van der Waals surface area contributed by atoms with E-state index in [2.05, 4.69) is 9.97 Å². The van der Waals surface area contributed by atoms with Gasteiger partial charge in [-0.2, -0.15) is 0 Å². The number of carbonyl (C=O) groups excluding carboxylic acids is 1. The number of halogens is 1. The lowest BCUT2D eigenvalue weighted by molar-refractivity contribution is 0.100. The molecule has 2 rings (SSSR count). The Balaban J connectivity index is 2.54. The van der Waals surface area contributed by atoms with Crippen molar-refractivity contribution in [2.45, 2.75) is 0 Å². The monoisotopic (exact) mass is 308 g/mol. The Hall–Kier alpha value is -2.54. The number of nitrogens with zero attached hydrogens (tertiary/aromatic N) is 2. The Morgan fingerprint density at radius 2 is 2.00 bits per heavy atom. The van der Waals surface area contributed by atoms with Crippen LogP contribution in [0.5, 0.6) is 11.5 Å². The summed E-state index contributed by atoms with van der Waals surface area (Å²) in [5.74, 6) is 0.439. The molecule has 1 aromatic carbocycles. The summed E-state index contributed by atoms with van der Waals surface area (Å²) in [6.07, 6.45) is 1.27. The molecule has 0 unspecified atom stereocenters. The first-order chi connectivity index (χ1) is 9.97.